The van der Waals surface area contributed by atoms with E-state index in [2.05, 4.69) is 23.3 Å². The van der Waals surface area contributed by atoms with Crippen molar-refractivity contribution in [2.45, 2.75) is 26.9 Å². The average molecular weight is 476 g/mol. The van der Waals surface area contributed by atoms with E-state index in [1.165, 1.54) is 5.56 Å². The summed E-state index contributed by atoms with van der Waals surface area (Å²) in [6.45, 7) is 5.81. The molecule has 2 aromatic heterocycles. The Morgan fingerprint density at radius 2 is 1.85 bits per heavy atom. The topological polar surface area (TPSA) is 79.7 Å². The maximum atomic E-state index is 13.0. The summed E-state index contributed by atoms with van der Waals surface area (Å²) in [7, 11) is 0. The summed E-state index contributed by atoms with van der Waals surface area (Å²) in [5, 5.41) is 4.71. The van der Waals surface area contributed by atoms with Crippen molar-refractivity contribution in [3.8, 4) is 11.5 Å². The van der Waals surface area contributed by atoms with Crippen LogP contribution in [0.1, 0.15) is 22.5 Å². The van der Waals surface area contributed by atoms with Gasteiger partial charge in [-0.05, 0) is 62.0 Å². The number of nitrogens with zero attached hydrogens (tertiary/aromatic N) is 1. The van der Waals surface area contributed by atoms with Gasteiger partial charge in [0.2, 0.25) is 0 Å². The summed E-state index contributed by atoms with van der Waals surface area (Å²) in [6.07, 6.45) is 1.63. The molecule has 174 valence electrons. The zero-order chi connectivity index (χ0) is 23.7. The van der Waals surface area contributed by atoms with E-state index in [4.69, 9.17) is 26.1 Å². The van der Waals surface area contributed by atoms with Crippen molar-refractivity contribution < 1.29 is 13.9 Å². The standard InChI is InChI=1S/C26H25N3O4S/c1-16-5-6-21(17(2)10-16)28-26(34)29(15-20-4-3-7-31-20)14-19-11-18-12-23-24(33-9-8-32-23)13-22(18)27-25(19)30/h3-7,10-13H,8-9,14-15H2,1-2H3,(H,27,30)(H,28,34). The van der Waals surface area contributed by atoms with Crippen LogP contribution in [0, 0.1) is 13.8 Å². The second-order valence-electron chi connectivity index (χ2n) is 8.39. The van der Waals surface area contributed by atoms with Crippen molar-refractivity contribution in [1.82, 2.24) is 9.88 Å². The third-order valence-electron chi connectivity index (χ3n) is 5.78. The van der Waals surface area contributed by atoms with Crippen molar-refractivity contribution in [2.75, 3.05) is 18.5 Å². The lowest BCUT2D eigenvalue weighted by molar-refractivity contribution is 0.172. The average Bonchev–Trinajstić information content (AvgIpc) is 3.33. The minimum atomic E-state index is -0.178. The van der Waals surface area contributed by atoms with Crippen molar-refractivity contribution in [1.29, 1.82) is 0 Å². The van der Waals surface area contributed by atoms with E-state index in [1.54, 1.807) is 6.26 Å². The predicted molar refractivity (Wildman–Crippen MR) is 136 cm³/mol. The predicted octanol–water partition coefficient (Wildman–Crippen LogP) is 4.91. The molecule has 0 fully saturated rings. The Morgan fingerprint density at radius 3 is 2.59 bits per heavy atom. The lowest BCUT2D eigenvalue weighted by Crippen LogP contribution is -2.35. The molecule has 0 saturated heterocycles. The largest absolute Gasteiger partial charge is 0.486 e. The number of aromatic nitrogens is 1. The van der Waals surface area contributed by atoms with Crippen LogP contribution >= 0.6 is 12.2 Å². The van der Waals surface area contributed by atoms with E-state index < -0.39 is 0 Å². The summed E-state index contributed by atoms with van der Waals surface area (Å²) in [5.74, 6) is 2.07. The van der Waals surface area contributed by atoms with E-state index in [0.717, 1.165) is 22.4 Å². The first kappa shape index (κ1) is 22.0. The zero-order valence-corrected chi connectivity index (χ0v) is 19.8. The number of furan rings is 1. The number of H-pyrrole nitrogens is 1. The van der Waals surface area contributed by atoms with E-state index in [9.17, 15) is 4.79 Å². The fraction of sp³-hybridized carbons (Fsp3) is 0.231. The number of aryl methyl sites for hydroxylation is 2. The summed E-state index contributed by atoms with van der Waals surface area (Å²) in [6, 6.07) is 15.5. The van der Waals surface area contributed by atoms with Crippen LogP contribution in [0.3, 0.4) is 0 Å². The highest BCUT2D eigenvalue weighted by Gasteiger charge is 2.18. The molecule has 4 aromatic rings. The second-order valence-corrected chi connectivity index (χ2v) is 8.78. The third-order valence-corrected chi connectivity index (χ3v) is 6.14. The molecule has 0 bridgehead atoms. The lowest BCUT2D eigenvalue weighted by atomic mass is 10.1. The second kappa shape index (κ2) is 9.23. The highest BCUT2D eigenvalue weighted by Crippen LogP contribution is 2.33. The van der Waals surface area contributed by atoms with Gasteiger partial charge in [0.1, 0.15) is 19.0 Å². The van der Waals surface area contributed by atoms with E-state index >= 15 is 0 Å². The van der Waals surface area contributed by atoms with Crippen molar-refractivity contribution >= 4 is 33.9 Å². The van der Waals surface area contributed by atoms with Gasteiger partial charge in [-0.3, -0.25) is 4.79 Å². The van der Waals surface area contributed by atoms with Crippen LogP contribution in [0.15, 0.2) is 64.0 Å². The van der Waals surface area contributed by atoms with Gasteiger partial charge in [0.05, 0.1) is 24.9 Å². The van der Waals surface area contributed by atoms with E-state index in [-0.39, 0.29) is 5.56 Å². The van der Waals surface area contributed by atoms with Crippen LogP contribution in [-0.4, -0.2) is 28.2 Å². The van der Waals surface area contributed by atoms with Gasteiger partial charge in [0.25, 0.3) is 5.56 Å². The number of rotatable bonds is 5. The van der Waals surface area contributed by atoms with Crippen molar-refractivity contribution in [2.24, 2.45) is 0 Å². The van der Waals surface area contributed by atoms with Crippen molar-refractivity contribution in [3.05, 3.63) is 87.6 Å². The normalized spacial score (nSPS) is 12.5. The first-order chi connectivity index (χ1) is 16.5. The Hall–Kier alpha value is -3.78. The third kappa shape index (κ3) is 4.63. The molecule has 0 aliphatic carbocycles. The molecule has 8 heteroatoms. The number of pyridine rings is 1. The zero-order valence-electron chi connectivity index (χ0n) is 19.0. The van der Waals surface area contributed by atoms with Gasteiger partial charge in [0.15, 0.2) is 16.6 Å². The van der Waals surface area contributed by atoms with Crippen LogP contribution in [-0.2, 0) is 13.1 Å². The first-order valence-corrected chi connectivity index (χ1v) is 11.5. The molecule has 0 saturated carbocycles. The summed E-state index contributed by atoms with van der Waals surface area (Å²) >= 11 is 5.77. The highest BCUT2D eigenvalue weighted by atomic mass is 32.1. The fourth-order valence-corrected chi connectivity index (χ4v) is 4.29. The minimum Gasteiger partial charge on any atom is -0.486 e. The smallest absolute Gasteiger partial charge is 0.253 e. The molecule has 0 unspecified atom stereocenters. The summed E-state index contributed by atoms with van der Waals surface area (Å²) in [4.78, 5) is 17.9. The highest BCUT2D eigenvalue weighted by molar-refractivity contribution is 7.80. The van der Waals surface area contributed by atoms with Gasteiger partial charge in [-0.25, -0.2) is 0 Å². The maximum Gasteiger partial charge on any atom is 0.253 e. The molecule has 34 heavy (non-hydrogen) atoms. The number of anilines is 1. The number of benzene rings is 2. The Bertz CT molecular complexity index is 1410. The van der Waals surface area contributed by atoms with Crippen LogP contribution in [0.2, 0.25) is 0 Å². The molecule has 7 nitrogen and oxygen atoms in total. The molecular weight excluding hydrogens is 450 g/mol. The molecule has 0 atom stereocenters. The van der Waals surface area contributed by atoms with Gasteiger partial charge in [-0.15, -0.1) is 0 Å². The molecule has 5 rings (SSSR count). The van der Waals surface area contributed by atoms with E-state index in [0.29, 0.717) is 54.0 Å². The molecule has 1 aliphatic rings. The molecule has 3 heterocycles. The molecule has 2 aromatic carbocycles. The first-order valence-electron chi connectivity index (χ1n) is 11.1. The summed E-state index contributed by atoms with van der Waals surface area (Å²) in [5.41, 5.74) is 4.31. The van der Waals surface area contributed by atoms with Crippen LogP contribution in [0.4, 0.5) is 5.69 Å². The number of aromatic amines is 1. The SMILES string of the molecule is Cc1ccc(NC(=S)N(Cc2ccco2)Cc2cc3cc4c(cc3[nH]c2=O)OCCO4)c(C)c1. The molecule has 0 spiro atoms. The lowest BCUT2D eigenvalue weighted by Gasteiger charge is -2.26. The number of thiocarbonyl (C=S) groups is 1. The van der Waals surface area contributed by atoms with Crippen molar-refractivity contribution in [3.63, 3.8) is 0 Å². The number of hydrogen-bond donors (Lipinski definition) is 2. The van der Waals surface area contributed by atoms with Gasteiger partial charge < -0.3 is 29.1 Å². The van der Waals surface area contributed by atoms with Gasteiger partial charge in [0, 0.05) is 22.7 Å². The molecule has 0 radical (unpaired) electrons. The van der Waals surface area contributed by atoms with Crippen LogP contribution < -0.4 is 20.3 Å². The number of fused-ring (bicyclic) bond motifs is 2. The Morgan fingerprint density at radius 1 is 1.06 bits per heavy atom. The van der Waals surface area contributed by atoms with Crippen LogP contribution in [0.5, 0.6) is 11.5 Å². The van der Waals surface area contributed by atoms with Crippen LogP contribution in [0.25, 0.3) is 10.9 Å². The monoisotopic (exact) mass is 475 g/mol. The van der Waals surface area contributed by atoms with Gasteiger partial charge >= 0.3 is 0 Å². The number of ether oxygens (including phenoxy) is 2. The minimum absolute atomic E-state index is 0.178. The maximum absolute atomic E-state index is 13.0. The molecule has 0 amide bonds. The Kier molecular flexibility index (Phi) is 5.98. The Labute approximate surface area is 202 Å². The van der Waals surface area contributed by atoms with Gasteiger partial charge in [-0.1, -0.05) is 17.7 Å². The van der Waals surface area contributed by atoms with Gasteiger partial charge in [-0.2, -0.15) is 0 Å². The quantitative estimate of drug-likeness (QED) is 0.397. The fourth-order valence-electron chi connectivity index (χ4n) is 4.05. The molecule has 2 N–H and O–H groups in total. The van der Waals surface area contributed by atoms with E-state index in [1.807, 2.05) is 54.3 Å². The molecule has 1 aliphatic heterocycles. The number of nitrogens with one attached hydrogen (secondary N) is 2. The molecular formula is C26H25N3O4S. The number of hydrogen-bond acceptors (Lipinski definition) is 5. The summed E-state index contributed by atoms with van der Waals surface area (Å²) < 4.78 is 16.9. The Balaban J connectivity index is 1.46.